The first-order valence-corrected chi connectivity index (χ1v) is 7.44. The van der Waals surface area contributed by atoms with Crippen molar-refractivity contribution < 1.29 is 14.3 Å². The Balaban J connectivity index is 1.53. The monoisotopic (exact) mass is 266 g/mol. The van der Waals surface area contributed by atoms with Gasteiger partial charge >= 0.3 is 0 Å². The van der Waals surface area contributed by atoms with Gasteiger partial charge in [0, 0.05) is 13.2 Å². The van der Waals surface area contributed by atoms with Crippen LogP contribution in [0.25, 0.3) is 0 Å². The number of hydrogen-bond acceptors (Lipinski definition) is 3. The van der Waals surface area contributed by atoms with E-state index in [1.165, 1.54) is 0 Å². The first-order valence-electron chi connectivity index (χ1n) is 7.44. The lowest BCUT2D eigenvalue weighted by Crippen LogP contribution is -2.59. The molecular weight excluding hydrogens is 244 g/mol. The number of amides is 2. The summed E-state index contributed by atoms with van der Waals surface area (Å²) in [5.74, 6) is 0.509. The summed E-state index contributed by atoms with van der Waals surface area (Å²) in [6.07, 6.45) is 6.76. The Bertz CT molecular complexity index is 362. The normalized spacial score (nSPS) is 31.7. The van der Waals surface area contributed by atoms with Gasteiger partial charge in [-0.2, -0.15) is 0 Å². The minimum Gasteiger partial charge on any atom is -0.378 e. The Morgan fingerprint density at radius 2 is 2.11 bits per heavy atom. The second-order valence-electron chi connectivity index (χ2n) is 5.86. The molecule has 2 unspecified atom stereocenters. The number of rotatable bonds is 5. The third-order valence-corrected chi connectivity index (χ3v) is 4.36. The fourth-order valence-corrected chi connectivity index (χ4v) is 3.17. The summed E-state index contributed by atoms with van der Waals surface area (Å²) in [6, 6.07) is -0.203. The van der Waals surface area contributed by atoms with Crippen molar-refractivity contribution in [3.63, 3.8) is 0 Å². The maximum Gasteiger partial charge on any atom is 0.243 e. The number of piperazine rings is 1. The van der Waals surface area contributed by atoms with E-state index < -0.39 is 0 Å². The number of ether oxygens (including phenoxy) is 1. The van der Waals surface area contributed by atoms with Gasteiger partial charge in [-0.3, -0.25) is 9.59 Å². The molecule has 0 aromatic heterocycles. The van der Waals surface area contributed by atoms with Crippen LogP contribution in [0.3, 0.4) is 0 Å². The van der Waals surface area contributed by atoms with Crippen molar-refractivity contribution in [2.45, 2.75) is 50.7 Å². The highest BCUT2D eigenvalue weighted by molar-refractivity contribution is 5.95. The third kappa shape index (κ3) is 2.91. The number of carbonyl (C=O) groups excluding carboxylic acids is 2. The van der Waals surface area contributed by atoms with E-state index >= 15 is 0 Å². The highest BCUT2D eigenvalue weighted by atomic mass is 16.5. The lowest BCUT2D eigenvalue weighted by Gasteiger charge is -2.35. The van der Waals surface area contributed by atoms with Gasteiger partial charge in [-0.25, -0.2) is 0 Å². The van der Waals surface area contributed by atoms with Gasteiger partial charge in [0.25, 0.3) is 0 Å². The molecule has 19 heavy (non-hydrogen) atoms. The van der Waals surface area contributed by atoms with Crippen LogP contribution in [-0.4, -0.2) is 48.6 Å². The predicted octanol–water partition coefficient (Wildman–Crippen LogP) is 0.683. The summed E-state index contributed by atoms with van der Waals surface area (Å²) in [5, 5.41) is 2.71. The smallest absolute Gasteiger partial charge is 0.243 e. The van der Waals surface area contributed by atoms with E-state index in [-0.39, 0.29) is 24.4 Å². The SMILES string of the molecule is O=C1NCC(=O)N(CCCC2CCCO2)C1C1CC1. The molecule has 1 N–H and O–H groups in total. The Hall–Kier alpha value is -1.10. The van der Waals surface area contributed by atoms with Gasteiger partial charge in [0.15, 0.2) is 0 Å². The molecule has 1 aliphatic carbocycles. The zero-order valence-electron chi connectivity index (χ0n) is 11.3. The Morgan fingerprint density at radius 3 is 2.79 bits per heavy atom. The summed E-state index contributed by atoms with van der Waals surface area (Å²) >= 11 is 0. The molecule has 3 rings (SSSR count). The van der Waals surface area contributed by atoms with Crippen LogP contribution in [0.4, 0.5) is 0 Å². The van der Waals surface area contributed by atoms with Gasteiger partial charge < -0.3 is 15.0 Å². The minimum atomic E-state index is -0.203. The molecule has 3 aliphatic rings. The maximum absolute atomic E-state index is 12.0. The van der Waals surface area contributed by atoms with Crippen molar-refractivity contribution in [1.29, 1.82) is 0 Å². The summed E-state index contributed by atoms with van der Waals surface area (Å²) in [5.41, 5.74) is 0. The van der Waals surface area contributed by atoms with Gasteiger partial charge in [0.2, 0.25) is 11.8 Å². The van der Waals surface area contributed by atoms with Gasteiger partial charge in [0.1, 0.15) is 6.04 Å². The van der Waals surface area contributed by atoms with Crippen LogP contribution in [0.1, 0.15) is 38.5 Å². The quantitative estimate of drug-likeness (QED) is 0.796. The lowest BCUT2D eigenvalue weighted by atomic mass is 10.1. The van der Waals surface area contributed by atoms with Crippen LogP contribution in [0.2, 0.25) is 0 Å². The molecule has 0 bridgehead atoms. The standard InChI is InChI=1S/C14H22N2O3/c17-12-9-15-14(18)13(10-5-6-10)16(12)7-1-3-11-4-2-8-19-11/h10-11,13H,1-9H2,(H,15,18). The molecule has 2 amide bonds. The zero-order chi connectivity index (χ0) is 13.2. The van der Waals surface area contributed by atoms with Crippen molar-refractivity contribution >= 4 is 11.8 Å². The number of hydrogen-bond donors (Lipinski definition) is 1. The summed E-state index contributed by atoms with van der Waals surface area (Å²) in [7, 11) is 0. The first-order chi connectivity index (χ1) is 9.25. The van der Waals surface area contributed by atoms with E-state index in [4.69, 9.17) is 4.74 Å². The van der Waals surface area contributed by atoms with Crippen LogP contribution >= 0.6 is 0 Å². The van der Waals surface area contributed by atoms with Gasteiger partial charge in [-0.05, 0) is 44.4 Å². The van der Waals surface area contributed by atoms with Crippen LogP contribution in [-0.2, 0) is 14.3 Å². The fourth-order valence-electron chi connectivity index (χ4n) is 3.17. The molecule has 2 atom stereocenters. The van der Waals surface area contributed by atoms with E-state index in [0.717, 1.165) is 45.1 Å². The Kier molecular flexibility index (Phi) is 3.73. The fraction of sp³-hybridized carbons (Fsp3) is 0.857. The molecule has 2 heterocycles. The van der Waals surface area contributed by atoms with Crippen LogP contribution in [0.15, 0.2) is 0 Å². The predicted molar refractivity (Wildman–Crippen MR) is 69.4 cm³/mol. The van der Waals surface area contributed by atoms with Crippen molar-refractivity contribution in [3.05, 3.63) is 0 Å². The number of nitrogens with zero attached hydrogens (tertiary/aromatic N) is 1. The molecule has 3 fully saturated rings. The summed E-state index contributed by atoms with van der Waals surface area (Å²) in [4.78, 5) is 25.7. The Morgan fingerprint density at radius 1 is 1.26 bits per heavy atom. The molecule has 1 saturated carbocycles. The van der Waals surface area contributed by atoms with Gasteiger partial charge in [-0.15, -0.1) is 0 Å². The minimum absolute atomic E-state index is 0.0409. The van der Waals surface area contributed by atoms with E-state index in [1.54, 1.807) is 0 Å². The second kappa shape index (κ2) is 5.49. The third-order valence-electron chi connectivity index (χ3n) is 4.36. The van der Waals surface area contributed by atoms with E-state index in [1.807, 2.05) is 4.90 Å². The largest absolute Gasteiger partial charge is 0.378 e. The zero-order valence-corrected chi connectivity index (χ0v) is 11.3. The highest BCUT2D eigenvalue weighted by Crippen LogP contribution is 2.36. The van der Waals surface area contributed by atoms with Crippen molar-refractivity contribution in [2.24, 2.45) is 5.92 Å². The molecule has 5 nitrogen and oxygen atoms in total. The lowest BCUT2D eigenvalue weighted by molar-refractivity contribution is -0.146. The summed E-state index contributed by atoms with van der Waals surface area (Å²) in [6.45, 7) is 1.75. The number of carbonyl (C=O) groups is 2. The molecule has 5 heteroatoms. The highest BCUT2D eigenvalue weighted by Gasteiger charge is 2.44. The molecular formula is C14H22N2O3. The van der Waals surface area contributed by atoms with Crippen molar-refractivity contribution in [2.75, 3.05) is 19.7 Å². The maximum atomic E-state index is 12.0. The topological polar surface area (TPSA) is 58.6 Å². The van der Waals surface area contributed by atoms with Gasteiger partial charge in [0.05, 0.1) is 12.6 Å². The molecule has 106 valence electrons. The van der Waals surface area contributed by atoms with E-state index in [0.29, 0.717) is 18.6 Å². The first kappa shape index (κ1) is 12.9. The molecule has 0 radical (unpaired) electrons. The average Bonchev–Trinajstić information content (AvgIpc) is 3.10. The molecule has 2 aliphatic heterocycles. The number of nitrogens with one attached hydrogen (secondary N) is 1. The van der Waals surface area contributed by atoms with Gasteiger partial charge in [-0.1, -0.05) is 0 Å². The van der Waals surface area contributed by atoms with Crippen LogP contribution in [0, 0.1) is 5.92 Å². The van der Waals surface area contributed by atoms with Crippen molar-refractivity contribution in [3.8, 4) is 0 Å². The Labute approximate surface area is 113 Å². The van der Waals surface area contributed by atoms with Crippen molar-refractivity contribution in [1.82, 2.24) is 10.2 Å². The van der Waals surface area contributed by atoms with Crippen LogP contribution in [0.5, 0.6) is 0 Å². The second-order valence-corrected chi connectivity index (χ2v) is 5.86. The molecule has 0 aromatic carbocycles. The van der Waals surface area contributed by atoms with E-state index in [9.17, 15) is 9.59 Å². The average molecular weight is 266 g/mol. The van der Waals surface area contributed by atoms with E-state index in [2.05, 4.69) is 5.32 Å². The molecule has 0 aromatic rings. The van der Waals surface area contributed by atoms with Crippen LogP contribution < -0.4 is 5.32 Å². The molecule has 2 saturated heterocycles. The molecule has 0 spiro atoms. The summed E-state index contributed by atoms with van der Waals surface area (Å²) < 4.78 is 5.59.